The van der Waals surface area contributed by atoms with Crippen LogP contribution in [0.3, 0.4) is 0 Å². The number of carbonyl (C=O) groups is 1. The van der Waals surface area contributed by atoms with Gasteiger partial charge in [0, 0.05) is 17.7 Å². The molecule has 0 radical (unpaired) electrons. The van der Waals surface area contributed by atoms with E-state index in [1.54, 1.807) is 23.1 Å². The van der Waals surface area contributed by atoms with E-state index in [0.717, 1.165) is 22.4 Å². The van der Waals surface area contributed by atoms with Crippen LogP contribution < -0.4 is 4.90 Å². The van der Waals surface area contributed by atoms with Gasteiger partial charge in [-0.2, -0.15) is 0 Å². The Balaban J connectivity index is 1.80. The molecule has 30 heavy (non-hydrogen) atoms. The molecular formula is C24H19N3O3. The first-order valence-electron chi connectivity index (χ1n) is 9.46. The lowest BCUT2D eigenvalue weighted by molar-refractivity contribution is -0.384. The fourth-order valence-corrected chi connectivity index (χ4v) is 3.43. The molecule has 1 amide bonds. The van der Waals surface area contributed by atoms with Gasteiger partial charge in [-0.05, 0) is 49.2 Å². The van der Waals surface area contributed by atoms with Gasteiger partial charge in [0.05, 0.1) is 10.6 Å². The number of anilines is 1. The highest BCUT2D eigenvalue weighted by atomic mass is 16.6. The summed E-state index contributed by atoms with van der Waals surface area (Å²) in [6.07, 6.45) is 1.65. The Hall–Kier alpha value is -4.06. The lowest BCUT2D eigenvalue weighted by Gasteiger charge is -2.21. The number of hydrogen-bond acceptors (Lipinski definition) is 4. The van der Waals surface area contributed by atoms with Crippen molar-refractivity contribution in [2.24, 2.45) is 4.99 Å². The van der Waals surface area contributed by atoms with Gasteiger partial charge in [0.15, 0.2) is 0 Å². The van der Waals surface area contributed by atoms with Crippen LogP contribution in [0.25, 0.3) is 6.08 Å². The number of aryl methyl sites for hydroxylation is 2. The Morgan fingerprint density at radius 1 is 0.967 bits per heavy atom. The van der Waals surface area contributed by atoms with Crippen LogP contribution in [0.15, 0.2) is 83.5 Å². The predicted molar refractivity (Wildman–Crippen MR) is 117 cm³/mol. The van der Waals surface area contributed by atoms with Crippen molar-refractivity contribution < 1.29 is 9.72 Å². The number of aliphatic imine (C=N–C) groups is 1. The van der Waals surface area contributed by atoms with Crippen LogP contribution in [-0.4, -0.2) is 16.7 Å². The van der Waals surface area contributed by atoms with Crippen molar-refractivity contribution in [1.29, 1.82) is 0 Å². The summed E-state index contributed by atoms with van der Waals surface area (Å²) in [4.78, 5) is 30.0. The number of benzene rings is 3. The lowest BCUT2D eigenvalue weighted by Crippen LogP contribution is -2.33. The topological polar surface area (TPSA) is 75.8 Å². The van der Waals surface area contributed by atoms with Crippen LogP contribution in [-0.2, 0) is 4.79 Å². The third-order valence-electron chi connectivity index (χ3n) is 4.89. The van der Waals surface area contributed by atoms with Crippen LogP contribution in [0, 0.1) is 24.0 Å². The number of amides is 1. The number of rotatable bonds is 4. The highest BCUT2D eigenvalue weighted by Crippen LogP contribution is 2.30. The largest absolute Gasteiger partial charge is 0.282 e. The molecule has 6 heteroatoms. The fraction of sp³-hybridized carbons (Fsp3) is 0.0833. The summed E-state index contributed by atoms with van der Waals surface area (Å²) in [5.74, 6) is 0.319. The summed E-state index contributed by atoms with van der Waals surface area (Å²) in [5.41, 5.74) is 4.65. The summed E-state index contributed by atoms with van der Waals surface area (Å²) < 4.78 is 0. The number of nitro benzene ring substituents is 1. The maximum absolute atomic E-state index is 13.3. The second-order valence-corrected chi connectivity index (χ2v) is 7.11. The molecule has 0 atom stereocenters. The zero-order chi connectivity index (χ0) is 21.3. The molecule has 0 bridgehead atoms. The molecule has 0 spiro atoms. The first kappa shape index (κ1) is 19.3. The highest BCUT2D eigenvalue weighted by Gasteiger charge is 2.33. The number of carbonyl (C=O) groups excluding carboxylic acids is 1. The summed E-state index contributed by atoms with van der Waals surface area (Å²) in [5, 5.41) is 10.9. The van der Waals surface area contributed by atoms with Crippen LogP contribution in [0.5, 0.6) is 0 Å². The summed E-state index contributed by atoms with van der Waals surface area (Å²) in [7, 11) is 0. The molecule has 3 aromatic carbocycles. The van der Waals surface area contributed by atoms with E-state index in [0.29, 0.717) is 11.4 Å². The molecule has 0 aromatic heterocycles. The van der Waals surface area contributed by atoms with Gasteiger partial charge in [0.2, 0.25) is 0 Å². The molecule has 6 nitrogen and oxygen atoms in total. The van der Waals surface area contributed by atoms with Gasteiger partial charge in [-0.3, -0.25) is 19.8 Å². The number of nitrogens with zero attached hydrogens (tertiary/aromatic N) is 3. The molecule has 1 heterocycles. The second-order valence-electron chi connectivity index (χ2n) is 7.11. The molecule has 0 saturated carbocycles. The van der Waals surface area contributed by atoms with Crippen molar-refractivity contribution in [1.82, 2.24) is 0 Å². The van der Waals surface area contributed by atoms with Crippen molar-refractivity contribution in [3.05, 3.63) is 111 Å². The third kappa shape index (κ3) is 3.63. The molecule has 148 valence electrons. The molecule has 4 rings (SSSR count). The summed E-state index contributed by atoms with van der Waals surface area (Å²) >= 11 is 0. The van der Waals surface area contributed by atoms with Crippen molar-refractivity contribution in [3.8, 4) is 0 Å². The minimum absolute atomic E-state index is 0.000260. The SMILES string of the molecule is Cc1ccc(N2C(=O)/C(=C/c3ccc([N+](=O)[O-])cc3)N=C2c2ccccc2)c(C)c1. The van der Waals surface area contributed by atoms with Crippen molar-refractivity contribution in [2.45, 2.75) is 13.8 Å². The fourth-order valence-electron chi connectivity index (χ4n) is 3.43. The van der Waals surface area contributed by atoms with E-state index >= 15 is 0 Å². The zero-order valence-corrected chi connectivity index (χ0v) is 16.6. The average Bonchev–Trinajstić information content (AvgIpc) is 3.05. The standard InChI is InChI=1S/C24H19N3O3/c1-16-8-13-22(17(2)14-16)26-23(19-6-4-3-5-7-19)25-21(24(26)28)15-18-9-11-20(12-10-18)27(29)30/h3-15H,1-2H3/b21-15-. The maximum atomic E-state index is 13.3. The summed E-state index contributed by atoms with van der Waals surface area (Å²) in [6.45, 7) is 3.98. The van der Waals surface area contributed by atoms with Crippen molar-refractivity contribution in [3.63, 3.8) is 0 Å². The van der Waals surface area contributed by atoms with Gasteiger partial charge >= 0.3 is 0 Å². The Morgan fingerprint density at radius 2 is 1.67 bits per heavy atom. The van der Waals surface area contributed by atoms with Gasteiger partial charge in [-0.15, -0.1) is 0 Å². The van der Waals surface area contributed by atoms with Gasteiger partial charge in [0.25, 0.3) is 11.6 Å². The Bertz CT molecular complexity index is 1200. The highest BCUT2D eigenvalue weighted by molar-refractivity contribution is 6.33. The smallest absolute Gasteiger partial charge is 0.266 e. The van der Waals surface area contributed by atoms with E-state index in [4.69, 9.17) is 0 Å². The molecule has 0 unspecified atom stereocenters. The van der Waals surface area contributed by atoms with Gasteiger partial charge in [-0.25, -0.2) is 4.99 Å². The normalized spacial score (nSPS) is 14.9. The van der Waals surface area contributed by atoms with Crippen LogP contribution in [0.2, 0.25) is 0 Å². The number of non-ortho nitro benzene ring substituents is 1. The van der Waals surface area contributed by atoms with E-state index in [1.165, 1.54) is 12.1 Å². The summed E-state index contributed by atoms with van der Waals surface area (Å²) in [6, 6.07) is 21.5. The van der Waals surface area contributed by atoms with Gasteiger partial charge < -0.3 is 0 Å². The lowest BCUT2D eigenvalue weighted by atomic mass is 10.1. The molecule has 0 aliphatic carbocycles. The molecule has 3 aromatic rings. The van der Waals surface area contributed by atoms with Gasteiger partial charge in [-0.1, -0.05) is 48.0 Å². The Kier molecular flexibility index (Phi) is 4.98. The maximum Gasteiger partial charge on any atom is 0.282 e. The Labute approximate surface area is 174 Å². The third-order valence-corrected chi connectivity index (χ3v) is 4.89. The van der Waals surface area contributed by atoms with E-state index < -0.39 is 4.92 Å². The van der Waals surface area contributed by atoms with Crippen LogP contribution >= 0.6 is 0 Å². The molecular weight excluding hydrogens is 378 g/mol. The first-order chi connectivity index (χ1) is 14.4. The number of nitro groups is 1. The predicted octanol–water partition coefficient (Wildman–Crippen LogP) is 5.05. The van der Waals surface area contributed by atoms with Crippen molar-refractivity contribution >= 4 is 29.2 Å². The zero-order valence-electron chi connectivity index (χ0n) is 16.6. The molecule has 1 aliphatic heterocycles. The monoisotopic (exact) mass is 397 g/mol. The van der Waals surface area contributed by atoms with Crippen LogP contribution in [0.1, 0.15) is 22.3 Å². The average molecular weight is 397 g/mol. The molecule has 0 N–H and O–H groups in total. The minimum atomic E-state index is -0.453. The van der Waals surface area contributed by atoms with E-state index in [1.807, 2.05) is 62.4 Å². The second kappa shape index (κ2) is 7.75. The number of hydrogen-bond donors (Lipinski definition) is 0. The van der Waals surface area contributed by atoms with E-state index in [9.17, 15) is 14.9 Å². The first-order valence-corrected chi connectivity index (χ1v) is 9.46. The Morgan fingerprint density at radius 3 is 2.30 bits per heavy atom. The van der Waals surface area contributed by atoms with E-state index in [2.05, 4.69) is 4.99 Å². The number of amidine groups is 1. The quantitative estimate of drug-likeness (QED) is 0.351. The molecule has 0 saturated heterocycles. The van der Waals surface area contributed by atoms with Gasteiger partial charge in [0.1, 0.15) is 11.5 Å². The van der Waals surface area contributed by atoms with Crippen LogP contribution in [0.4, 0.5) is 11.4 Å². The van der Waals surface area contributed by atoms with Crippen molar-refractivity contribution in [2.75, 3.05) is 4.90 Å². The van der Waals surface area contributed by atoms with E-state index in [-0.39, 0.29) is 17.3 Å². The molecule has 0 fully saturated rings. The molecule has 1 aliphatic rings. The minimum Gasteiger partial charge on any atom is -0.266 e.